The quantitative estimate of drug-likeness (QED) is 0.142. The molecule has 0 N–H and O–H groups in total. The molecule has 0 fully saturated rings. The lowest BCUT2D eigenvalue weighted by Gasteiger charge is -2.15. The molecule has 0 unspecified atom stereocenters. The van der Waals surface area contributed by atoms with E-state index in [0.29, 0.717) is 0 Å². The Hall–Kier alpha value is -12.5. The first-order valence-corrected chi connectivity index (χ1v) is 33.3. The highest BCUT2D eigenvalue weighted by molar-refractivity contribution is 5.90. The molecule has 96 heavy (non-hydrogen) atoms. The minimum Gasteiger partial charge on any atom is -0.0610 e. The first-order chi connectivity index (χ1) is 47.4. The van der Waals surface area contributed by atoms with Crippen LogP contribution in [0.25, 0.3) is 200 Å². The zero-order chi connectivity index (χ0) is 63.2. The van der Waals surface area contributed by atoms with Crippen LogP contribution in [0.3, 0.4) is 0 Å². The van der Waals surface area contributed by atoms with Crippen LogP contribution in [0.4, 0.5) is 0 Å². The summed E-state index contributed by atoms with van der Waals surface area (Å²) in [5.41, 5.74) is 42.1. The molecule has 0 atom stereocenters. The molecular formula is C96H60. The summed E-state index contributed by atoms with van der Waals surface area (Å²) in [4.78, 5) is 0. The van der Waals surface area contributed by atoms with E-state index in [9.17, 15) is 0 Å². The van der Waals surface area contributed by atoms with Gasteiger partial charge in [-0.2, -0.15) is 0 Å². The molecular weight excluding hydrogens is 1150 g/mol. The zero-order valence-corrected chi connectivity index (χ0v) is 52.6. The fourth-order valence-corrected chi connectivity index (χ4v) is 14.8. The molecule has 16 aromatic rings. The Morgan fingerprint density at radius 3 is 0.260 bits per heavy atom. The number of benzene rings is 16. The van der Waals surface area contributed by atoms with Gasteiger partial charge in [0.15, 0.2) is 0 Å². The molecule has 0 spiro atoms. The Balaban J connectivity index is 0.857. The third-order valence-corrected chi connectivity index (χ3v) is 20.3. The van der Waals surface area contributed by atoms with Crippen molar-refractivity contribution < 1.29 is 0 Å². The van der Waals surface area contributed by atoms with Gasteiger partial charge in [-0.25, -0.2) is 0 Å². The zero-order valence-electron chi connectivity index (χ0n) is 52.6. The summed E-state index contributed by atoms with van der Waals surface area (Å²) in [5.74, 6) is 0. The van der Waals surface area contributed by atoms with Crippen molar-refractivity contribution in [1.82, 2.24) is 0 Å². The maximum Gasteiger partial charge on any atom is -0.0171 e. The summed E-state index contributed by atoms with van der Waals surface area (Å²) in [6, 6.07) is 138. The van der Waals surface area contributed by atoms with Crippen LogP contribution >= 0.6 is 0 Å². The monoisotopic (exact) mass is 1210 g/mol. The van der Waals surface area contributed by atoms with Gasteiger partial charge in [-0.15, -0.1) is 0 Å². The SMILES string of the molecule is c1cc2cc(c1)-c1cc3cc(c1)-c1ccc(cc1)-c1ccc(cc1)-c1cc4cc(c1)-c1ccc(cc1)-c1ccc(cc1)-c1cc(cc(c1)-c1ccc-2cc1)-c1ccc(cc1)-c1ccc(cc1)-c1cc(cc(c1)-c1ccc(cc1)-c1ccc-3cc1)-c1ccc(cc1)-c1ccc-4cc1. The molecule has 0 radical (unpaired) electrons. The van der Waals surface area contributed by atoms with Gasteiger partial charge in [-0.05, 0) is 279 Å². The van der Waals surface area contributed by atoms with Crippen LogP contribution in [0.5, 0.6) is 0 Å². The molecule has 0 aromatic heterocycles. The Kier molecular flexibility index (Phi) is 13.0. The molecule has 41 rings (SSSR count). The molecule has 0 nitrogen and oxygen atoms in total. The first-order valence-electron chi connectivity index (χ1n) is 33.3. The van der Waals surface area contributed by atoms with Crippen molar-refractivity contribution in [3.8, 4) is 200 Å². The van der Waals surface area contributed by atoms with Gasteiger partial charge in [-0.3, -0.25) is 0 Å². The second-order valence-electron chi connectivity index (χ2n) is 26.1. The maximum atomic E-state index is 2.37. The van der Waals surface area contributed by atoms with E-state index >= 15 is 0 Å². The third kappa shape index (κ3) is 10.2. The summed E-state index contributed by atoms with van der Waals surface area (Å²) in [5, 5.41) is 0. The normalized spacial score (nSPS) is 11.8. The fraction of sp³-hybridized carbons (Fsp3) is 0. The molecule has 0 amide bonds. The Bertz CT molecular complexity index is 5350. The second kappa shape index (κ2) is 22.7. The standard InChI is InChI=1S/C96H60/c1-2-83-48-84(3-1)96-59-94-58-95(60-96)81-44-22-70(23-45-81)68-18-36-77(37-19-68)90-52-86-50-88(54-90)75-32-10-64(11-33-75)66-14-40-79(41-15-66)92-55-91(56-93(57-92)82-46-24-71(83)25-47-82)78-38-12-65(13-39-78)63-8-30-74(31-9-63)87-49-85(72-26-4-61(5-27-72)62-6-28-73(86)29-7-62)51-89(53-87)76-34-16-67(17-35-76)69-20-42-80(94)43-21-69/h1-60H. The highest BCUT2D eigenvalue weighted by Gasteiger charge is 2.17. The average molecular weight is 1210 g/mol. The molecule has 0 saturated heterocycles. The van der Waals surface area contributed by atoms with E-state index in [4.69, 9.17) is 0 Å². The average Bonchev–Trinajstić information content (AvgIpc) is 1.38. The van der Waals surface area contributed by atoms with Crippen molar-refractivity contribution in [2.24, 2.45) is 0 Å². The largest absolute Gasteiger partial charge is 0.0610 e. The van der Waals surface area contributed by atoms with Crippen LogP contribution in [0.2, 0.25) is 0 Å². The smallest absolute Gasteiger partial charge is 0.0171 e. The Morgan fingerprint density at radius 2 is 0.135 bits per heavy atom. The molecule has 444 valence electrons. The number of fused-ring (bicyclic) bond motifs is 3. The van der Waals surface area contributed by atoms with Crippen molar-refractivity contribution in [2.75, 3.05) is 0 Å². The lowest BCUT2D eigenvalue weighted by atomic mass is 9.90. The van der Waals surface area contributed by atoms with Crippen molar-refractivity contribution in [3.63, 3.8) is 0 Å². The van der Waals surface area contributed by atoms with E-state index in [1.165, 1.54) is 172 Å². The van der Waals surface area contributed by atoms with E-state index in [0.717, 1.165) is 27.8 Å². The Morgan fingerprint density at radius 1 is 0.0625 bits per heavy atom. The van der Waals surface area contributed by atoms with Crippen molar-refractivity contribution in [2.45, 2.75) is 0 Å². The summed E-state index contributed by atoms with van der Waals surface area (Å²) in [6.45, 7) is 0. The van der Waals surface area contributed by atoms with Crippen LogP contribution in [0, 0.1) is 0 Å². The van der Waals surface area contributed by atoms with Gasteiger partial charge in [0.05, 0.1) is 0 Å². The van der Waals surface area contributed by atoms with E-state index < -0.39 is 0 Å². The molecule has 0 aliphatic heterocycles. The fourth-order valence-electron chi connectivity index (χ4n) is 14.8. The lowest BCUT2D eigenvalue weighted by Crippen LogP contribution is -1.89. The molecule has 36 bridgehead atoms. The molecule has 25 aliphatic rings. The summed E-state index contributed by atoms with van der Waals surface area (Å²) in [7, 11) is 0. The molecule has 0 saturated carbocycles. The lowest BCUT2D eigenvalue weighted by molar-refractivity contribution is 1.53. The summed E-state index contributed by atoms with van der Waals surface area (Å²) < 4.78 is 0. The second-order valence-corrected chi connectivity index (χ2v) is 26.1. The minimum absolute atomic E-state index is 1.16. The first kappa shape index (κ1) is 55.2. The van der Waals surface area contributed by atoms with Crippen LogP contribution in [-0.4, -0.2) is 0 Å². The maximum absolute atomic E-state index is 2.37. The molecule has 0 heteroatoms. The minimum atomic E-state index is 1.16. The van der Waals surface area contributed by atoms with Gasteiger partial charge in [0.2, 0.25) is 0 Å². The van der Waals surface area contributed by atoms with E-state index in [1.54, 1.807) is 0 Å². The predicted octanol–water partition coefficient (Wildman–Crippen LogP) is 26.6. The topological polar surface area (TPSA) is 0 Å². The Labute approximate surface area is 560 Å². The van der Waals surface area contributed by atoms with Gasteiger partial charge in [0, 0.05) is 0 Å². The third-order valence-electron chi connectivity index (χ3n) is 20.3. The van der Waals surface area contributed by atoms with Crippen molar-refractivity contribution in [3.05, 3.63) is 364 Å². The van der Waals surface area contributed by atoms with E-state index in [-0.39, 0.29) is 0 Å². The molecule has 25 aliphatic carbocycles. The number of rotatable bonds is 0. The van der Waals surface area contributed by atoms with E-state index in [1.807, 2.05) is 0 Å². The van der Waals surface area contributed by atoms with Crippen LogP contribution < -0.4 is 0 Å². The summed E-state index contributed by atoms with van der Waals surface area (Å²) >= 11 is 0. The van der Waals surface area contributed by atoms with Gasteiger partial charge in [0.1, 0.15) is 0 Å². The van der Waals surface area contributed by atoms with Crippen LogP contribution in [0.1, 0.15) is 0 Å². The molecule has 16 aromatic carbocycles. The highest BCUT2D eigenvalue weighted by Crippen LogP contribution is 2.43. The number of hydrogen-bond acceptors (Lipinski definition) is 0. The van der Waals surface area contributed by atoms with Crippen LogP contribution in [-0.2, 0) is 0 Å². The molecule has 0 heterocycles. The number of hydrogen-bond donors (Lipinski definition) is 0. The van der Waals surface area contributed by atoms with Gasteiger partial charge < -0.3 is 0 Å². The van der Waals surface area contributed by atoms with Crippen LogP contribution in [0.15, 0.2) is 364 Å². The van der Waals surface area contributed by atoms with Crippen molar-refractivity contribution in [1.29, 1.82) is 0 Å². The summed E-state index contributed by atoms with van der Waals surface area (Å²) in [6.07, 6.45) is 0. The van der Waals surface area contributed by atoms with Gasteiger partial charge in [0.25, 0.3) is 0 Å². The van der Waals surface area contributed by atoms with Crippen molar-refractivity contribution >= 4 is 0 Å². The van der Waals surface area contributed by atoms with Gasteiger partial charge in [-0.1, -0.05) is 285 Å². The van der Waals surface area contributed by atoms with E-state index in [2.05, 4.69) is 364 Å². The predicted molar refractivity (Wildman–Crippen MR) is 405 cm³/mol. The van der Waals surface area contributed by atoms with Gasteiger partial charge >= 0.3 is 0 Å². The highest BCUT2D eigenvalue weighted by atomic mass is 14.2.